The highest BCUT2D eigenvalue weighted by atomic mass is 16.3. The predicted molar refractivity (Wildman–Crippen MR) is 140 cm³/mol. The van der Waals surface area contributed by atoms with E-state index in [1.54, 1.807) is 48.5 Å². The van der Waals surface area contributed by atoms with E-state index in [1.165, 1.54) is 0 Å². The SMILES string of the molecule is N=C(N)c1ccc(C[C@@H](C(=O)N[C@@H](CO)C(=O)N[C@@H](CCCN=C(N)N)C(N)=O)c2ccccc2)cc1. The molecule has 2 aromatic carbocycles. The summed E-state index contributed by atoms with van der Waals surface area (Å²) in [5, 5.41) is 22.4. The van der Waals surface area contributed by atoms with Gasteiger partial charge < -0.3 is 38.7 Å². The van der Waals surface area contributed by atoms with Crippen molar-refractivity contribution in [2.45, 2.75) is 37.3 Å². The molecule has 12 nitrogen and oxygen atoms in total. The zero-order valence-corrected chi connectivity index (χ0v) is 20.4. The maximum atomic E-state index is 13.3. The summed E-state index contributed by atoms with van der Waals surface area (Å²) in [5.41, 5.74) is 23.5. The maximum Gasteiger partial charge on any atom is 0.245 e. The van der Waals surface area contributed by atoms with E-state index in [0.29, 0.717) is 24.0 Å². The van der Waals surface area contributed by atoms with Gasteiger partial charge in [0.2, 0.25) is 17.7 Å². The van der Waals surface area contributed by atoms with Crippen LogP contribution in [0.25, 0.3) is 0 Å². The monoisotopic (exact) mass is 510 g/mol. The zero-order chi connectivity index (χ0) is 27.4. The van der Waals surface area contributed by atoms with Gasteiger partial charge in [0.15, 0.2) is 5.96 Å². The molecular weight excluding hydrogens is 476 g/mol. The van der Waals surface area contributed by atoms with E-state index in [9.17, 15) is 19.5 Å². The summed E-state index contributed by atoms with van der Waals surface area (Å²) in [6.45, 7) is -0.444. The average molecular weight is 511 g/mol. The molecule has 198 valence electrons. The first-order valence-electron chi connectivity index (χ1n) is 11.7. The topological polar surface area (TPSA) is 236 Å². The van der Waals surface area contributed by atoms with Crippen LogP contribution in [0.4, 0.5) is 0 Å². The highest BCUT2D eigenvalue weighted by Crippen LogP contribution is 2.22. The van der Waals surface area contributed by atoms with Gasteiger partial charge in [0, 0.05) is 12.1 Å². The Kier molecular flexibility index (Phi) is 11.0. The van der Waals surface area contributed by atoms with Crippen molar-refractivity contribution >= 4 is 29.5 Å². The van der Waals surface area contributed by atoms with Crippen LogP contribution in [0.1, 0.15) is 35.4 Å². The summed E-state index contributed by atoms with van der Waals surface area (Å²) >= 11 is 0. The number of aliphatic imine (C=N–C) groups is 1. The van der Waals surface area contributed by atoms with Crippen molar-refractivity contribution in [3.05, 3.63) is 71.3 Å². The number of rotatable bonds is 14. The molecule has 0 saturated heterocycles. The first-order valence-corrected chi connectivity index (χ1v) is 11.7. The maximum absolute atomic E-state index is 13.3. The quantitative estimate of drug-likeness (QED) is 0.0876. The van der Waals surface area contributed by atoms with E-state index >= 15 is 0 Å². The minimum Gasteiger partial charge on any atom is -0.394 e. The number of amides is 3. The van der Waals surface area contributed by atoms with Gasteiger partial charge in [0.05, 0.1) is 12.5 Å². The third-order valence-corrected chi connectivity index (χ3v) is 5.64. The largest absolute Gasteiger partial charge is 0.394 e. The second-order valence-electron chi connectivity index (χ2n) is 8.43. The Bertz CT molecular complexity index is 1100. The first kappa shape index (κ1) is 28.8. The lowest BCUT2D eigenvalue weighted by Gasteiger charge is -2.23. The van der Waals surface area contributed by atoms with Gasteiger partial charge in [-0.25, -0.2) is 0 Å². The zero-order valence-electron chi connectivity index (χ0n) is 20.4. The van der Waals surface area contributed by atoms with Crippen molar-refractivity contribution in [1.29, 1.82) is 5.41 Å². The number of nitrogens with zero attached hydrogens (tertiary/aromatic N) is 1. The predicted octanol–water partition coefficient (Wildman–Crippen LogP) is -1.20. The summed E-state index contributed by atoms with van der Waals surface area (Å²) in [6, 6.07) is 13.6. The summed E-state index contributed by atoms with van der Waals surface area (Å²) in [4.78, 5) is 41.7. The number of aliphatic hydroxyl groups is 1. The van der Waals surface area contributed by atoms with Crippen molar-refractivity contribution < 1.29 is 19.5 Å². The van der Waals surface area contributed by atoms with Gasteiger partial charge in [0.25, 0.3) is 0 Å². The smallest absolute Gasteiger partial charge is 0.245 e. The number of nitrogens with one attached hydrogen (secondary N) is 3. The molecule has 37 heavy (non-hydrogen) atoms. The summed E-state index contributed by atoms with van der Waals surface area (Å²) in [6.07, 6.45) is 0.843. The summed E-state index contributed by atoms with van der Waals surface area (Å²) in [7, 11) is 0. The van der Waals surface area contributed by atoms with Gasteiger partial charge in [-0.05, 0) is 30.4 Å². The minimum atomic E-state index is -1.31. The summed E-state index contributed by atoms with van der Waals surface area (Å²) in [5.74, 6) is -2.84. The fraction of sp³-hybridized carbons (Fsp3) is 0.320. The average Bonchev–Trinajstić information content (AvgIpc) is 2.87. The van der Waals surface area contributed by atoms with E-state index in [-0.39, 0.29) is 24.8 Å². The molecule has 0 unspecified atom stereocenters. The Hall–Kier alpha value is -4.45. The van der Waals surface area contributed by atoms with Gasteiger partial charge in [0.1, 0.15) is 17.9 Å². The van der Waals surface area contributed by atoms with Gasteiger partial charge in [-0.15, -0.1) is 0 Å². The molecule has 3 amide bonds. The molecule has 12 N–H and O–H groups in total. The molecule has 0 aliphatic rings. The van der Waals surface area contributed by atoms with E-state index in [2.05, 4.69) is 15.6 Å². The van der Waals surface area contributed by atoms with E-state index in [4.69, 9.17) is 28.3 Å². The van der Waals surface area contributed by atoms with Gasteiger partial charge in [-0.2, -0.15) is 0 Å². The lowest BCUT2D eigenvalue weighted by Crippen LogP contribution is -2.55. The van der Waals surface area contributed by atoms with Crippen LogP contribution in [-0.4, -0.2) is 59.9 Å². The molecule has 0 aliphatic carbocycles. The second-order valence-corrected chi connectivity index (χ2v) is 8.43. The Morgan fingerprint density at radius 3 is 2.05 bits per heavy atom. The molecule has 2 aromatic rings. The molecule has 12 heteroatoms. The Morgan fingerprint density at radius 1 is 0.892 bits per heavy atom. The van der Waals surface area contributed by atoms with Crippen LogP contribution < -0.4 is 33.6 Å². The van der Waals surface area contributed by atoms with Crippen molar-refractivity contribution in [3.8, 4) is 0 Å². The van der Waals surface area contributed by atoms with Crippen LogP contribution in [0.15, 0.2) is 59.6 Å². The second kappa shape index (κ2) is 14.2. The Balaban J connectivity index is 2.13. The number of aliphatic hydroxyl groups excluding tert-OH is 1. The summed E-state index contributed by atoms with van der Waals surface area (Å²) < 4.78 is 0. The van der Waals surface area contributed by atoms with Crippen molar-refractivity contribution in [1.82, 2.24) is 10.6 Å². The normalized spacial score (nSPS) is 13.0. The van der Waals surface area contributed by atoms with Gasteiger partial charge in [-0.3, -0.25) is 24.8 Å². The van der Waals surface area contributed by atoms with Crippen LogP contribution in [0.2, 0.25) is 0 Å². The van der Waals surface area contributed by atoms with Crippen LogP contribution >= 0.6 is 0 Å². The number of carbonyl (C=O) groups excluding carboxylic acids is 3. The number of guanidine groups is 1. The van der Waals surface area contributed by atoms with Crippen LogP contribution in [0.3, 0.4) is 0 Å². The lowest BCUT2D eigenvalue weighted by molar-refractivity contribution is -0.132. The number of hydrogen-bond donors (Lipinski definition) is 8. The lowest BCUT2D eigenvalue weighted by atomic mass is 9.90. The molecule has 0 aromatic heterocycles. The number of primary amides is 1. The number of carbonyl (C=O) groups is 3. The number of hydrogen-bond acceptors (Lipinski definition) is 6. The third-order valence-electron chi connectivity index (χ3n) is 5.64. The van der Waals surface area contributed by atoms with E-state index in [0.717, 1.165) is 5.56 Å². The van der Waals surface area contributed by atoms with Crippen LogP contribution in [0.5, 0.6) is 0 Å². The van der Waals surface area contributed by atoms with E-state index in [1.807, 2.05) is 6.07 Å². The molecule has 3 atom stereocenters. The molecule has 0 aliphatic heterocycles. The van der Waals surface area contributed by atoms with Crippen LogP contribution in [-0.2, 0) is 20.8 Å². The van der Waals surface area contributed by atoms with Crippen LogP contribution in [0, 0.1) is 5.41 Å². The van der Waals surface area contributed by atoms with Gasteiger partial charge >= 0.3 is 0 Å². The number of nitrogen functional groups attached to an aromatic ring is 1. The minimum absolute atomic E-state index is 0.0637. The number of nitrogens with two attached hydrogens (primary N) is 4. The molecule has 0 spiro atoms. The molecular formula is C25H34N8O4. The number of benzene rings is 2. The molecule has 2 rings (SSSR count). The molecule has 0 heterocycles. The standard InChI is InChI=1S/C25H34N8O4/c26-21(27)17-10-8-15(9-11-17)13-18(16-5-2-1-3-6-16)23(36)33-20(14-34)24(37)32-19(22(28)35)7-4-12-31-25(29)30/h1-3,5-6,8-11,18-20,34H,4,7,12-14H2,(H3,26,27)(H2,28,35)(H,32,37)(H,33,36)(H4,29,30,31)/t18-,19+,20+/m1/s1. The van der Waals surface area contributed by atoms with Crippen molar-refractivity contribution in [2.75, 3.05) is 13.2 Å². The highest BCUT2D eigenvalue weighted by Gasteiger charge is 2.28. The molecule has 0 radical (unpaired) electrons. The van der Waals surface area contributed by atoms with Gasteiger partial charge in [-0.1, -0.05) is 54.6 Å². The molecule has 0 fully saturated rings. The Morgan fingerprint density at radius 2 is 1.51 bits per heavy atom. The first-order chi connectivity index (χ1) is 17.6. The molecule has 0 bridgehead atoms. The molecule has 0 saturated carbocycles. The highest BCUT2D eigenvalue weighted by molar-refractivity contribution is 5.95. The number of amidine groups is 1. The van der Waals surface area contributed by atoms with E-state index < -0.39 is 42.3 Å². The Labute approximate surface area is 215 Å². The van der Waals surface area contributed by atoms with Crippen molar-refractivity contribution in [3.63, 3.8) is 0 Å². The fourth-order valence-corrected chi connectivity index (χ4v) is 3.63. The fourth-order valence-electron chi connectivity index (χ4n) is 3.63. The third kappa shape index (κ3) is 9.26. The van der Waals surface area contributed by atoms with Crippen molar-refractivity contribution in [2.24, 2.45) is 27.9 Å².